The number of Topliss-reactive ketones (excluding diaryl/α,β-unsaturated/α-hetero) is 1. The van der Waals surface area contributed by atoms with Gasteiger partial charge in [-0.1, -0.05) is 46.3 Å². The quantitative estimate of drug-likeness (QED) is 0.113. The van der Waals surface area contributed by atoms with Crippen LogP contribution in [0.4, 0.5) is 5.69 Å². The number of ether oxygens (including phenoxy) is 1. The molecule has 1 saturated carbocycles. The maximum atomic E-state index is 13.2. The second-order valence-corrected chi connectivity index (χ2v) is 12.1. The van der Waals surface area contributed by atoms with Crippen LogP contribution in [0.3, 0.4) is 0 Å². The number of carbonyl (C=O) groups is 4. The van der Waals surface area contributed by atoms with Gasteiger partial charge in [-0.2, -0.15) is 0 Å². The topological polar surface area (TPSA) is 93.6 Å². The third kappa shape index (κ3) is 4.03. The van der Waals surface area contributed by atoms with Gasteiger partial charge in [-0.25, -0.2) is 9.78 Å². The highest BCUT2D eigenvalue weighted by atomic mass is 79.9. The number of carbonyl (C=O) groups excluding carboxylic acids is 4. The molecule has 0 radical (unpaired) electrons. The minimum atomic E-state index is -0.628. The fraction of sp³-hybridized carbons (Fsp3) is 0.194. The number of amides is 2. The van der Waals surface area contributed by atoms with Gasteiger partial charge >= 0.3 is 5.97 Å². The van der Waals surface area contributed by atoms with Gasteiger partial charge in [-0.05, 0) is 66.1 Å². The maximum absolute atomic E-state index is 13.2. The summed E-state index contributed by atoms with van der Waals surface area (Å²) in [6.45, 7) is -0.363. The number of rotatable bonds is 6. The highest BCUT2D eigenvalue weighted by molar-refractivity contribution is 9.10. The maximum Gasteiger partial charge on any atom is 0.339 e. The highest BCUT2D eigenvalue weighted by Gasteiger charge is 2.59. The number of ketones is 1. The van der Waals surface area contributed by atoms with Gasteiger partial charge in [0.05, 0.1) is 39.2 Å². The first-order chi connectivity index (χ1) is 19.4. The number of anilines is 1. The molecule has 3 aliphatic rings. The molecule has 4 unspecified atom stereocenters. The van der Waals surface area contributed by atoms with Crippen LogP contribution in [0.25, 0.3) is 22.2 Å². The molecule has 3 heterocycles. The molecule has 1 aliphatic heterocycles. The van der Waals surface area contributed by atoms with E-state index in [0.29, 0.717) is 32.7 Å². The Balaban J connectivity index is 1.18. The summed E-state index contributed by atoms with van der Waals surface area (Å²) in [5.74, 6) is -1.37. The summed E-state index contributed by atoms with van der Waals surface area (Å²) < 4.78 is 6.18. The molecule has 0 N–H and O–H groups in total. The monoisotopic (exact) mass is 612 g/mol. The number of hydrogen-bond acceptors (Lipinski definition) is 7. The van der Waals surface area contributed by atoms with Gasteiger partial charge in [-0.3, -0.25) is 19.3 Å². The molecule has 1 saturated heterocycles. The van der Waals surface area contributed by atoms with E-state index >= 15 is 0 Å². The fourth-order valence-corrected chi connectivity index (χ4v) is 7.18. The van der Waals surface area contributed by atoms with E-state index in [1.807, 2.05) is 6.07 Å². The molecule has 7 nitrogen and oxygen atoms in total. The van der Waals surface area contributed by atoms with E-state index in [9.17, 15) is 19.2 Å². The predicted molar refractivity (Wildman–Crippen MR) is 154 cm³/mol. The third-order valence-corrected chi connectivity index (χ3v) is 9.42. The second kappa shape index (κ2) is 9.60. The SMILES string of the molecule is O=C(COC(=O)c1cc(-c2ccc(N3C(=O)C4C5C=CC(C5)C4C3=O)cc2)nc2ccc(Br)cc12)c1cccs1. The Labute approximate surface area is 241 Å². The summed E-state index contributed by atoms with van der Waals surface area (Å²) in [4.78, 5) is 58.6. The Morgan fingerprint density at radius 2 is 1.70 bits per heavy atom. The standard InChI is InChI=1S/C31H21BrN2O5S/c32-19-7-10-23-21(13-19)22(31(38)39-15-25(35)26-2-1-11-40-26)14-24(33-23)16-5-8-20(9-6-16)34-29(36)27-17-3-4-18(12-17)28(27)30(34)37/h1-11,13-14,17-18,27-28H,12,15H2. The van der Waals surface area contributed by atoms with Crippen LogP contribution >= 0.6 is 27.3 Å². The number of allylic oxidation sites excluding steroid dienone is 2. The van der Waals surface area contributed by atoms with Gasteiger partial charge in [0.1, 0.15) is 0 Å². The van der Waals surface area contributed by atoms with E-state index in [1.165, 1.54) is 16.2 Å². The van der Waals surface area contributed by atoms with Crippen molar-refractivity contribution in [1.82, 2.24) is 4.98 Å². The molecule has 2 aliphatic carbocycles. The van der Waals surface area contributed by atoms with Crippen LogP contribution in [0, 0.1) is 23.7 Å². The zero-order valence-corrected chi connectivity index (χ0v) is 23.4. The Bertz CT molecular complexity index is 1720. The van der Waals surface area contributed by atoms with Crippen molar-refractivity contribution in [3.8, 4) is 11.3 Å². The number of benzene rings is 2. The van der Waals surface area contributed by atoms with Gasteiger partial charge < -0.3 is 4.74 Å². The summed E-state index contributed by atoms with van der Waals surface area (Å²) in [5, 5.41) is 2.38. The normalized spacial score (nSPS) is 22.8. The zero-order chi connectivity index (χ0) is 27.5. The summed E-state index contributed by atoms with van der Waals surface area (Å²) in [7, 11) is 0. The summed E-state index contributed by atoms with van der Waals surface area (Å²) in [6, 6.07) is 17.6. The molecule has 198 valence electrons. The van der Waals surface area contributed by atoms with Crippen LogP contribution in [0.15, 0.2) is 82.7 Å². The van der Waals surface area contributed by atoms with Crippen LogP contribution in [0.2, 0.25) is 0 Å². The van der Waals surface area contributed by atoms with Crippen molar-refractivity contribution in [1.29, 1.82) is 0 Å². The Hall–Kier alpha value is -3.95. The molecule has 7 rings (SSSR count). The Morgan fingerprint density at radius 1 is 0.975 bits per heavy atom. The van der Waals surface area contributed by atoms with Crippen molar-refractivity contribution in [2.45, 2.75) is 6.42 Å². The molecule has 4 aromatic rings. The van der Waals surface area contributed by atoms with Crippen LogP contribution in [0.5, 0.6) is 0 Å². The van der Waals surface area contributed by atoms with Crippen LogP contribution in [-0.2, 0) is 14.3 Å². The van der Waals surface area contributed by atoms with E-state index in [4.69, 9.17) is 9.72 Å². The van der Waals surface area contributed by atoms with Crippen molar-refractivity contribution >= 4 is 67.4 Å². The van der Waals surface area contributed by atoms with Crippen molar-refractivity contribution in [2.24, 2.45) is 23.7 Å². The van der Waals surface area contributed by atoms with Crippen LogP contribution < -0.4 is 4.90 Å². The summed E-state index contributed by atoms with van der Waals surface area (Å²) in [5.41, 5.74) is 2.63. The average molecular weight is 613 g/mol. The number of nitrogens with zero attached hydrogens (tertiary/aromatic N) is 2. The molecule has 9 heteroatoms. The van der Waals surface area contributed by atoms with E-state index in [0.717, 1.165) is 10.9 Å². The summed E-state index contributed by atoms with van der Waals surface area (Å²) >= 11 is 4.75. The van der Waals surface area contributed by atoms with E-state index < -0.39 is 5.97 Å². The van der Waals surface area contributed by atoms with E-state index in [1.54, 1.807) is 60.0 Å². The molecule has 40 heavy (non-hydrogen) atoms. The van der Waals surface area contributed by atoms with E-state index in [-0.39, 0.29) is 53.4 Å². The van der Waals surface area contributed by atoms with Crippen LogP contribution in [0.1, 0.15) is 26.5 Å². The minimum absolute atomic E-state index is 0.129. The largest absolute Gasteiger partial charge is 0.454 e. The van der Waals surface area contributed by atoms with Gasteiger partial charge in [0.15, 0.2) is 6.61 Å². The molecule has 2 fully saturated rings. The van der Waals surface area contributed by atoms with Gasteiger partial charge in [0, 0.05) is 15.4 Å². The number of thiophene rings is 1. The first-order valence-electron chi connectivity index (χ1n) is 12.9. The number of imide groups is 1. The lowest BCUT2D eigenvalue weighted by Gasteiger charge is -2.17. The van der Waals surface area contributed by atoms with E-state index in [2.05, 4.69) is 28.1 Å². The highest BCUT2D eigenvalue weighted by Crippen LogP contribution is 2.53. The molecule has 2 amide bonds. The number of pyridine rings is 1. The molecule has 2 bridgehead atoms. The Kier molecular flexibility index (Phi) is 6.01. The lowest BCUT2D eigenvalue weighted by atomic mass is 9.85. The molecular formula is C31H21BrN2O5S. The van der Waals surface area contributed by atoms with Crippen molar-refractivity contribution < 1.29 is 23.9 Å². The number of fused-ring (bicyclic) bond motifs is 6. The molecule has 4 atom stereocenters. The summed E-state index contributed by atoms with van der Waals surface area (Å²) in [6.07, 6.45) is 5.04. The minimum Gasteiger partial charge on any atom is -0.454 e. The average Bonchev–Trinajstić information content (AvgIpc) is 3.77. The van der Waals surface area contributed by atoms with Crippen molar-refractivity contribution in [2.75, 3.05) is 11.5 Å². The lowest BCUT2D eigenvalue weighted by molar-refractivity contribution is -0.123. The molecule has 2 aromatic carbocycles. The molecular weight excluding hydrogens is 592 g/mol. The lowest BCUT2D eigenvalue weighted by Crippen LogP contribution is -2.32. The number of halogens is 1. The smallest absolute Gasteiger partial charge is 0.339 e. The van der Waals surface area contributed by atoms with Gasteiger partial charge in [0.2, 0.25) is 17.6 Å². The van der Waals surface area contributed by atoms with Crippen LogP contribution in [-0.4, -0.2) is 35.2 Å². The number of esters is 1. The van der Waals surface area contributed by atoms with Gasteiger partial charge in [-0.15, -0.1) is 11.3 Å². The Morgan fingerprint density at radius 3 is 2.38 bits per heavy atom. The van der Waals surface area contributed by atoms with Crippen molar-refractivity contribution in [3.05, 3.63) is 93.1 Å². The first kappa shape index (κ1) is 25.0. The molecule has 2 aromatic heterocycles. The van der Waals surface area contributed by atoms with Crippen molar-refractivity contribution in [3.63, 3.8) is 0 Å². The number of aromatic nitrogens is 1. The zero-order valence-electron chi connectivity index (χ0n) is 21.0. The predicted octanol–water partition coefficient (Wildman–Crippen LogP) is 6.08. The fourth-order valence-electron chi connectivity index (χ4n) is 6.17. The third-order valence-electron chi connectivity index (χ3n) is 8.01. The van der Waals surface area contributed by atoms with Gasteiger partial charge in [0.25, 0.3) is 0 Å². The molecule has 0 spiro atoms. The first-order valence-corrected chi connectivity index (χ1v) is 14.6. The number of hydrogen-bond donors (Lipinski definition) is 0. The second-order valence-electron chi connectivity index (χ2n) is 10.3.